The fourth-order valence-corrected chi connectivity index (χ4v) is 2.21. The minimum atomic E-state index is 0.0797. The standard InChI is InChI=1S/C13H19ClN2OS/c1-10(15-2)7-16-13(17)9-18-8-11-3-5-12(14)6-4-11/h3-6,10,15H,7-9H2,1-2H3,(H,16,17). The van der Waals surface area contributed by atoms with Crippen molar-refractivity contribution in [1.82, 2.24) is 10.6 Å². The normalized spacial score (nSPS) is 12.2. The second kappa shape index (κ2) is 8.40. The molecule has 0 aliphatic carbocycles. The summed E-state index contributed by atoms with van der Waals surface area (Å²) in [5.74, 6) is 1.39. The highest BCUT2D eigenvalue weighted by Gasteiger charge is 2.04. The molecule has 1 rings (SSSR count). The first-order valence-electron chi connectivity index (χ1n) is 5.88. The Morgan fingerprint density at radius 3 is 2.67 bits per heavy atom. The first kappa shape index (κ1) is 15.3. The third-order valence-corrected chi connectivity index (χ3v) is 3.77. The third-order valence-electron chi connectivity index (χ3n) is 2.51. The number of benzene rings is 1. The van der Waals surface area contributed by atoms with E-state index < -0.39 is 0 Å². The summed E-state index contributed by atoms with van der Waals surface area (Å²) in [4.78, 5) is 11.5. The Hall–Kier alpha value is -0.710. The van der Waals surface area contributed by atoms with Crippen molar-refractivity contribution in [3.8, 4) is 0 Å². The number of hydrogen-bond acceptors (Lipinski definition) is 3. The quantitative estimate of drug-likeness (QED) is 0.808. The van der Waals surface area contributed by atoms with Gasteiger partial charge in [0.15, 0.2) is 0 Å². The number of thioether (sulfide) groups is 1. The minimum Gasteiger partial charge on any atom is -0.354 e. The molecule has 0 saturated heterocycles. The van der Waals surface area contributed by atoms with Crippen molar-refractivity contribution < 1.29 is 4.79 Å². The highest BCUT2D eigenvalue weighted by atomic mass is 35.5. The number of nitrogens with one attached hydrogen (secondary N) is 2. The van der Waals surface area contributed by atoms with E-state index in [0.717, 1.165) is 10.8 Å². The Morgan fingerprint density at radius 1 is 1.39 bits per heavy atom. The summed E-state index contributed by atoms with van der Waals surface area (Å²) in [6.07, 6.45) is 0. The van der Waals surface area contributed by atoms with Gasteiger partial charge in [-0.2, -0.15) is 0 Å². The molecule has 0 heterocycles. The van der Waals surface area contributed by atoms with Crippen LogP contribution >= 0.6 is 23.4 Å². The molecule has 0 aliphatic heterocycles. The second-order valence-corrected chi connectivity index (χ2v) is 5.54. The minimum absolute atomic E-state index is 0.0797. The molecule has 0 bridgehead atoms. The van der Waals surface area contributed by atoms with E-state index in [0.29, 0.717) is 18.3 Å². The van der Waals surface area contributed by atoms with Crippen molar-refractivity contribution in [2.24, 2.45) is 0 Å². The number of carbonyl (C=O) groups is 1. The molecule has 100 valence electrons. The SMILES string of the molecule is CNC(C)CNC(=O)CSCc1ccc(Cl)cc1. The van der Waals surface area contributed by atoms with Gasteiger partial charge in [0.2, 0.25) is 5.91 Å². The first-order valence-corrected chi connectivity index (χ1v) is 7.41. The molecule has 1 aromatic carbocycles. The van der Waals surface area contributed by atoms with Gasteiger partial charge in [-0.15, -0.1) is 11.8 Å². The van der Waals surface area contributed by atoms with E-state index in [-0.39, 0.29) is 5.91 Å². The van der Waals surface area contributed by atoms with Crippen LogP contribution in [-0.2, 0) is 10.5 Å². The van der Waals surface area contributed by atoms with Crippen molar-refractivity contribution in [1.29, 1.82) is 0 Å². The van der Waals surface area contributed by atoms with Crippen molar-refractivity contribution in [3.05, 3.63) is 34.9 Å². The molecule has 1 unspecified atom stereocenters. The Labute approximate surface area is 118 Å². The van der Waals surface area contributed by atoms with E-state index in [1.807, 2.05) is 38.2 Å². The Kier molecular flexibility index (Phi) is 7.16. The zero-order chi connectivity index (χ0) is 13.4. The molecule has 1 atom stereocenters. The van der Waals surface area contributed by atoms with E-state index in [9.17, 15) is 4.79 Å². The van der Waals surface area contributed by atoms with Gasteiger partial charge >= 0.3 is 0 Å². The Bertz CT molecular complexity index is 370. The van der Waals surface area contributed by atoms with E-state index in [4.69, 9.17) is 11.6 Å². The van der Waals surface area contributed by atoms with E-state index >= 15 is 0 Å². The molecule has 0 saturated carbocycles. The molecule has 0 radical (unpaired) electrons. The topological polar surface area (TPSA) is 41.1 Å². The van der Waals surface area contributed by atoms with Crippen LogP contribution in [0, 0.1) is 0 Å². The molecule has 1 aromatic rings. The van der Waals surface area contributed by atoms with E-state index in [2.05, 4.69) is 10.6 Å². The van der Waals surface area contributed by atoms with Crippen LogP contribution in [0.3, 0.4) is 0 Å². The molecule has 1 amide bonds. The van der Waals surface area contributed by atoms with Gasteiger partial charge in [0.25, 0.3) is 0 Å². The average molecular weight is 287 g/mol. The van der Waals surface area contributed by atoms with Crippen molar-refractivity contribution >= 4 is 29.3 Å². The summed E-state index contributed by atoms with van der Waals surface area (Å²) in [7, 11) is 1.88. The van der Waals surface area contributed by atoms with Crippen molar-refractivity contribution in [2.75, 3.05) is 19.3 Å². The molecule has 0 aromatic heterocycles. The summed E-state index contributed by atoms with van der Waals surface area (Å²) >= 11 is 7.41. The van der Waals surface area contributed by atoms with Crippen molar-refractivity contribution in [3.63, 3.8) is 0 Å². The maximum Gasteiger partial charge on any atom is 0.230 e. The zero-order valence-electron chi connectivity index (χ0n) is 10.7. The van der Waals surface area contributed by atoms with Gasteiger partial charge in [-0.05, 0) is 31.7 Å². The van der Waals surface area contributed by atoms with Crippen LogP contribution < -0.4 is 10.6 Å². The Morgan fingerprint density at radius 2 is 2.06 bits per heavy atom. The largest absolute Gasteiger partial charge is 0.354 e. The highest BCUT2D eigenvalue weighted by molar-refractivity contribution is 7.99. The number of amides is 1. The van der Waals surface area contributed by atoms with Crippen LogP contribution in [0.25, 0.3) is 0 Å². The van der Waals surface area contributed by atoms with Gasteiger partial charge in [-0.25, -0.2) is 0 Å². The lowest BCUT2D eigenvalue weighted by Gasteiger charge is -2.11. The predicted octanol–water partition coefficient (Wildman–Crippen LogP) is 2.30. The molecular formula is C13H19ClN2OS. The monoisotopic (exact) mass is 286 g/mol. The summed E-state index contributed by atoms with van der Waals surface area (Å²) in [6.45, 7) is 2.69. The molecule has 0 aliphatic rings. The molecular weight excluding hydrogens is 268 g/mol. The molecule has 2 N–H and O–H groups in total. The van der Waals surface area contributed by atoms with Gasteiger partial charge in [0.05, 0.1) is 5.75 Å². The average Bonchev–Trinajstić information content (AvgIpc) is 2.38. The van der Waals surface area contributed by atoms with Gasteiger partial charge in [-0.1, -0.05) is 23.7 Å². The summed E-state index contributed by atoms with van der Waals surface area (Å²) in [5.41, 5.74) is 1.18. The van der Waals surface area contributed by atoms with Gasteiger partial charge in [0, 0.05) is 23.4 Å². The van der Waals surface area contributed by atoms with Crippen LogP contribution in [-0.4, -0.2) is 31.3 Å². The Balaban J connectivity index is 2.17. The van der Waals surface area contributed by atoms with Gasteiger partial charge in [-0.3, -0.25) is 4.79 Å². The number of hydrogen-bond donors (Lipinski definition) is 2. The lowest BCUT2D eigenvalue weighted by atomic mass is 10.2. The lowest BCUT2D eigenvalue weighted by Crippen LogP contribution is -2.37. The number of rotatable bonds is 7. The maximum absolute atomic E-state index is 11.5. The van der Waals surface area contributed by atoms with Crippen LogP contribution in [0.5, 0.6) is 0 Å². The molecule has 5 heteroatoms. The van der Waals surface area contributed by atoms with Crippen molar-refractivity contribution in [2.45, 2.75) is 18.7 Å². The molecule has 3 nitrogen and oxygen atoms in total. The van der Waals surface area contributed by atoms with Gasteiger partial charge in [0.1, 0.15) is 0 Å². The number of carbonyl (C=O) groups excluding carboxylic acids is 1. The summed E-state index contributed by atoms with van der Waals surface area (Å²) in [5, 5.41) is 6.70. The number of halogens is 1. The number of likely N-dealkylation sites (N-methyl/N-ethyl adjacent to an activating group) is 1. The second-order valence-electron chi connectivity index (χ2n) is 4.11. The molecule has 0 fully saturated rings. The third kappa shape index (κ3) is 6.28. The first-order chi connectivity index (χ1) is 8.61. The fraction of sp³-hybridized carbons (Fsp3) is 0.462. The van der Waals surface area contributed by atoms with Crippen LogP contribution in [0.2, 0.25) is 5.02 Å². The van der Waals surface area contributed by atoms with Crippen LogP contribution in [0.4, 0.5) is 0 Å². The summed E-state index contributed by atoms with van der Waals surface area (Å²) in [6, 6.07) is 8.00. The van der Waals surface area contributed by atoms with E-state index in [1.54, 1.807) is 11.8 Å². The summed E-state index contributed by atoms with van der Waals surface area (Å²) < 4.78 is 0. The maximum atomic E-state index is 11.5. The highest BCUT2D eigenvalue weighted by Crippen LogP contribution is 2.15. The predicted molar refractivity (Wildman–Crippen MR) is 79.1 cm³/mol. The van der Waals surface area contributed by atoms with Gasteiger partial charge < -0.3 is 10.6 Å². The fourth-order valence-electron chi connectivity index (χ4n) is 1.26. The molecule has 0 spiro atoms. The van der Waals surface area contributed by atoms with Crippen LogP contribution in [0.15, 0.2) is 24.3 Å². The zero-order valence-corrected chi connectivity index (χ0v) is 12.3. The molecule has 18 heavy (non-hydrogen) atoms. The smallest absolute Gasteiger partial charge is 0.230 e. The lowest BCUT2D eigenvalue weighted by molar-refractivity contribution is -0.118. The van der Waals surface area contributed by atoms with Crippen LogP contribution in [0.1, 0.15) is 12.5 Å². The van der Waals surface area contributed by atoms with E-state index in [1.165, 1.54) is 5.56 Å².